The summed E-state index contributed by atoms with van der Waals surface area (Å²) in [6.45, 7) is 0. The highest BCUT2D eigenvalue weighted by Gasteiger charge is 2.07. The fourth-order valence-electron chi connectivity index (χ4n) is 1.38. The van der Waals surface area contributed by atoms with Crippen LogP contribution < -0.4 is 5.32 Å². The van der Waals surface area contributed by atoms with Crippen LogP contribution in [0.5, 0.6) is 0 Å². The van der Waals surface area contributed by atoms with Gasteiger partial charge in [0.05, 0.1) is 6.07 Å². The molecule has 0 bridgehead atoms. The quantitative estimate of drug-likeness (QED) is 0.895. The van der Waals surface area contributed by atoms with E-state index in [0.717, 1.165) is 10.9 Å². The van der Waals surface area contributed by atoms with Crippen LogP contribution in [0.15, 0.2) is 28.7 Å². The third kappa shape index (κ3) is 3.13. The summed E-state index contributed by atoms with van der Waals surface area (Å²) < 4.78 is 1.08. The molecular formula is C11H13BrN2. The Kier molecular flexibility index (Phi) is 4.64. The van der Waals surface area contributed by atoms with E-state index >= 15 is 0 Å². The highest BCUT2D eigenvalue weighted by atomic mass is 79.9. The van der Waals surface area contributed by atoms with E-state index in [-0.39, 0.29) is 6.04 Å². The number of nitrogens with one attached hydrogen (secondary N) is 1. The normalized spacial score (nSPS) is 12.1. The molecule has 0 fully saturated rings. The maximum atomic E-state index is 8.52. The third-order valence-electron chi connectivity index (χ3n) is 2.17. The smallest absolute Gasteiger partial charge is 0.0622 e. The molecule has 74 valence electrons. The topological polar surface area (TPSA) is 35.8 Å². The predicted molar refractivity (Wildman–Crippen MR) is 60.8 cm³/mol. The molecule has 0 aliphatic rings. The summed E-state index contributed by atoms with van der Waals surface area (Å²) in [5, 5.41) is 11.7. The number of rotatable bonds is 4. The van der Waals surface area contributed by atoms with E-state index in [2.05, 4.69) is 39.4 Å². The first-order chi connectivity index (χ1) is 6.77. The first kappa shape index (κ1) is 11.2. The number of hydrogen-bond donors (Lipinski definition) is 1. The van der Waals surface area contributed by atoms with Crippen LogP contribution >= 0.6 is 15.9 Å². The number of nitrogens with zero attached hydrogens (tertiary/aromatic N) is 1. The van der Waals surface area contributed by atoms with E-state index in [1.807, 2.05) is 19.2 Å². The van der Waals surface area contributed by atoms with Crippen molar-refractivity contribution in [1.82, 2.24) is 5.32 Å². The van der Waals surface area contributed by atoms with Crippen molar-refractivity contribution in [3.8, 4) is 6.07 Å². The molecule has 0 amide bonds. The Morgan fingerprint density at radius 3 is 2.57 bits per heavy atom. The number of nitriles is 1. The summed E-state index contributed by atoms with van der Waals surface area (Å²) in [5.74, 6) is 0. The van der Waals surface area contributed by atoms with Gasteiger partial charge in [0.15, 0.2) is 0 Å². The summed E-state index contributed by atoms with van der Waals surface area (Å²) in [4.78, 5) is 0. The molecule has 1 aromatic rings. The van der Waals surface area contributed by atoms with Crippen molar-refractivity contribution < 1.29 is 0 Å². The monoisotopic (exact) mass is 252 g/mol. The molecule has 2 nitrogen and oxygen atoms in total. The maximum Gasteiger partial charge on any atom is 0.0622 e. The number of hydrogen-bond acceptors (Lipinski definition) is 2. The van der Waals surface area contributed by atoms with Gasteiger partial charge in [0, 0.05) is 16.9 Å². The predicted octanol–water partition coefficient (Wildman–Crippen LogP) is 3.01. The van der Waals surface area contributed by atoms with Crippen LogP contribution in [0, 0.1) is 11.3 Å². The summed E-state index contributed by atoms with van der Waals surface area (Å²) in [7, 11) is 1.92. The van der Waals surface area contributed by atoms with E-state index in [1.165, 1.54) is 5.56 Å². The van der Waals surface area contributed by atoms with Crippen LogP contribution in [-0.4, -0.2) is 7.05 Å². The van der Waals surface area contributed by atoms with Gasteiger partial charge in [-0.25, -0.2) is 0 Å². The molecule has 0 aliphatic heterocycles. The molecule has 0 spiro atoms. The van der Waals surface area contributed by atoms with Crippen LogP contribution in [-0.2, 0) is 0 Å². The zero-order valence-electron chi connectivity index (χ0n) is 8.13. The largest absolute Gasteiger partial charge is 0.313 e. The highest BCUT2D eigenvalue weighted by Crippen LogP contribution is 2.20. The standard InChI is InChI=1S/C11H13BrN2/c1-14-11(3-2-8-13)9-4-6-10(12)7-5-9/h4-7,11,14H,2-3H2,1H3. The zero-order chi connectivity index (χ0) is 10.4. The van der Waals surface area contributed by atoms with Crippen molar-refractivity contribution in [2.75, 3.05) is 7.05 Å². The Bertz CT molecular complexity index is 313. The summed E-state index contributed by atoms with van der Waals surface area (Å²) in [6.07, 6.45) is 1.44. The molecule has 1 rings (SSSR count). The lowest BCUT2D eigenvalue weighted by molar-refractivity contribution is 0.557. The average Bonchev–Trinajstić information content (AvgIpc) is 2.21. The molecule has 1 unspecified atom stereocenters. The Hall–Kier alpha value is -0.850. The molecule has 14 heavy (non-hydrogen) atoms. The van der Waals surface area contributed by atoms with Crippen molar-refractivity contribution in [3.05, 3.63) is 34.3 Å². The second kappa shape index (κ2) is 5.79. The van der Waals surface area contributed by atoms with Gasteiger partial charge in [-0.05, 0) is 31.2 Å². The van der Waals surface area contributed by atoms with Crippen LogP contribution in [0.1, 0.15) is 24.4 Å². The Morgan fingerprint density at radius 2 is 2.07 bits per heavy atom. The summed E-state index contributed by atoms with van der Waals surface area (Å²) in [6, 6.07) is 10.6. The van der Waals surface area contributed by atoms with Crippen molar-refractivity contribution in [2.24, 2.45) is 0 Å². The van der Waals surface area contributed by atoms with Gasteiger partial charge in [-0.1, -0.05) is 28.1 Å². The second-order valence-electron chi connectivity index (χ2n) is 3.09. The summed E-state index contributed by atoms with van der Waals surface area (Å²) >= 11 is 3.40. The zero-order valence-corrected chi connectivity index (χ0v) is 9.71. The van der Waals surface area contributed by atoms with Gasteiger partial charge in [-0.2, -0.15) is 5.26 Å². The van der Waals surface area contributed by atoms with Crippen molar-refractivity contribution in [2.45, 2.75) is 18.9 Å². The van der Waals surface area contributed by atoms with Gasteiger partial charge in [0.2, 0.25) is 0 Å². The Morgan fingerprint density at radius 1 is 1.43 bits per heavy atom. The molecule has 1 aromatic carbocycles. The van der Waals surface area contributed by atoms with Crippen LogP contribution in [0.3, 0.4) is 0 Å². The van der Waals surface area contributed by atoms with Gasteiger partial charge in [0.1, 0.15) is 0 Å². The third-order valence-corrected chi connectivity index (χ3v) is 2.69. The first-order valence-electron chi connectivity index (χ1n) is 4.57. The first-order valence-corrected chi connectivity index (χ1v) is 5.37. The highest BCUT2D eigenvalue weighted by molar-refractivity contribution is 9.10. The molecule has 0 radical (unpaired) electrons. The fourth-order valence-corrected chi connectivity index (χ4v) is 1.65. The van der Waals surface area contributed by atoms with E-state index in [0.29, 0.717) is 6.42 Å². The van der Waals surface area contributed by atoms with Crippen LogP contribution in [0.4, 0.5) is 0 Å². The Labute approximate surface area is 93.1 Å². The summed E-state index contributed by atoms with van der Waals surface area (Å²) in [5.41, 5.74) is 1.23. The molecule has 1 N–H and O–H groups in total. The van der Waals surface area contributed by atoms with E-state index in [9.17, 15) is 0 Å². The lowest BCUT2D eigenvalue weighted by Gasteiger charge is -2.14. The molecule has 0 aromatic heterocycles. The number of benzene rings is 1. The minimum atomic E-state index is 0.280. The minimum absolute atomic E-state index is 0.280. The second-order valence-corrected chi connectivity index (χ2v) is 4.01. The van der Waals surface area contributed by atoms with Gasteiger partial charge < -0.3 is 5.32 Å². The molecule has 0 heterocycles. The van der Waals surface area contributed by atoms with Crippen molar-refractivity contribution in [3.63, 3.8) is 0 Å². The minimum Gasteiger partial charge on any atom is -0.313 e. The van der Waals surface area contributed by atoms with Gasteiger partial charge in [-0.3, -0.25) is 0 Å². The van der Waals surface area contributed by atoms with Gasteiger partial charge in [0.25, 0.3) is 0 Å². The SMILES string of the molecule is CNC(CCC#N)c1ccc(Br)cc1. The van der Waals surface area contributed by atoms with Crippen LogP contribution in [0.2, 0.25) is 0 Å². The van der Waals surface area contributed by atoms with Gasteiger partial charge >= 0.3 is 0 Å². The maximum absolute atomic E-state index is 8.52. The molecule has 3 heteroatoms. The molecule has 1 atom stereocenters. The molecule has 0 aliphatic carbocycles. The van der Waals surface area contributed by atoms with Crippen LogP contribution in [0.25, 0.3) is 0 Å². The Balaban J connectivity index is 2.69. The lowest BCUT2D eigenvalue weighted by atomic mass is 10.0. The number of halogens is 1. The molecule has 0 saturated heterocycles. The average molecular weight is 253 g/mol. The fraction of sp³-hybridized carbons (Fsp3) is 0.364. The van der Waals surface area contributed by atoms with E-state index in [4.69, 9.17) is 5.26 Å². The van der Waals surface area contributed by atoms with Crippen molar-refractivity contribution in [1.29, 1.82) is 5.26 Å². The molecule has 0 saturated carbocycles. The lowest BCUT2D eigenvalue weighted by Crippen LogP contribution is -2.15. The van der Waals surface area contributed by atoms with E-state index in [1.54, 1.807) is 0 Å². The van der Waals surface area contributed by atoms with E-state index < -0.39 is 0 Å². The molecular weight excluding hydrogens is 240 g/mol. The van der Waals surface area contributed by atoms with Gasteiger partial charge in [-0.15, -0.1) is 0 Å². The van der Waals surface area contributed by atoms with Crippen molar-refractivity contribution >= 4 is 15.9 Å².